The number of rotatable bonds is 5. The lowest BCUT2D eigenvalue weighted by Gasteiger charge is -2.31. The summed E-state index contributed by atoms with van der Waals surface area (Å²) in [5.74, 6) is -1.22. The van der Waals surface area contributed by atoms with Crippen molar-refractivity contribution in [2.75, 3.05) is 13.2 Å². The number of nitrogens with one attached hydrogen (secondary N) is 1. The Labute approximate surface area is 216 Å². The highest BCUT2D eigenvalue weighted by molar-refractivity contribution is 7.80. The minimum absolute atomic E-state index is 0.0295. The van der Waals surface area contributed by atoms with Crippen LogP contribution in [0.2, 0.25) is 0 Å². The van der Waals surface area contributed by atoms with E-state index in [1.165, 1.54) is 10.6 Å². The number of hydrogen-bond acceptors (Lipinski definition) is 8. The third kappa shape index (κ3) is 3.89. The van der Waals surface area contributed by atoms with Crippen molar-refractivity contribution in [3.8, 4) is 11.4 Å². The molecule has 2 aliphatic rings. The normalized spacial score (nSPS) is 18.6. The molecule has 0 bridgehead atoms. The van der Waals surface area contributed by atoms with Gasteiger partial charge in [-0.1, -0.05) is 6.92 Å². The van der Waals surface area contributed by atoms with E-state index in [1.54, 1.807) is 26.0 Å². The molecule has 0 amide bonds. The number of hydrogen-bond donors (Lipinski definition) is 3. The van der Waals surface area contributed by atoms with Crippen molar-refractivity contribution in [3.05, 3.63) is 62.2 Å². The predicted octanol–water partition coefficient (Wildman–Crippen LogP) is 2.47. The number of ether oxygens (including phenoxy) is 2. The van der Waals surface area contributed by atoms with Crippen molar-refractivity contribution in [1.82, 2.24) is 14.9 Å². The summed E-state index contributed by atoms with van der Waals surface area (Å²) < 4.78 is 26.6. The minimum Gasteiger partial charge on any atom is -0.469 e. The van der Waals surface area contributed by atoms with Gasteiger partial charge in [-0.3, -0.25) is 4.79 Å². The average Bonchev–Trinajstić information content (AvgIpc) is 3.23. The fourth-order valence-electron chi connectivity index (χ4n) is 5.16. The van der Waals surface area contributed by atoms with E-state index in [9.17, 15) is 19.1 Å². The summed E-state index contributed by atoms with van der Waals surface area (Å²) in [6, 6.07) is 4.25. The quantitative estimate of drug-likeness (QED) is 0.265. The average molecular weight is 528 g/mol. The van der Waals surface area contributed by atoms with Gasteiger partial charge in [0.2, 0.25) is 0 Å². The molecule has 9 nitrogen and oxygen atoms in total. The van der Waals surface area contributed by atoms with E-state index in [4.69, 9.17) is 31.8 Å². The third-order valence-corrected chi connectivity index (χ3v) is 7.34. The maximum absolute atomic E-state index is 14.6. The Morgan fingerprint density at radius 1 is 1.35 bits per heavy atom. The van der Waals surface area contributed by atoms with Crippen LogP contribution in [0.4, 0.5) is 4.39 Å². The lowest BCUT2D eigenvalue weighted by Crippen LogP contribution is -2.44. The van der Waals surface area contributed by atoms with E-state index in [0.29, 0.717) is 27.9 Å². The fourth-order valence-corrected chi connectivity index (χ4v) is 5.42. The Balaban J connectivity index is 1.74. The van der Waals surface area contributed by atoms with Gasteiger partial charge in [-0.25, -0.2) is 14.2 Å². The molecule has 37 heavy (non-hydrogen) atoms. The Kier molecular flexibility index (Phi) is 6.25. The minimum atomic E-state index is -1.95. The molecule has 0 fully saturated rings. The highest BCUT2D eigenvalue weighted by atomic mass is 32.1. The molecule has 2 atom stereocenters. The van der Waals surface area contributed by atoms with E-state index in [1.807, 2.05) is 6.92 Å². The van der Waals surface area contributed by atoms with E-state index < -0.39 is 23.4 Å². The molecule has 5 rings (SSSR count). The van der Waals surface area contributed by atoms with Gasteiger partial charge in [-0.2, -0.15) is 0 Å². The number of aryl methyl sites for hydroxylation is 1. The maximum Gasteiger partial charge on any atom is 0.343 e. The van der Waals surface area contributed by atoms with Crippen LogP contribution in [0.25, 0.3) is 22.3 Å². The standard InChI is InChI=1S/C26H26FN3O6S/c1-4-26(34)17-8-20-22-15(10-30(20)23(32)16(17)11-36-24(26)33)21(13(3)28-25(37)35-6-5-31)14-7-12(2)18(27)9-19(14)29-22/h7-9,13,31,34H,4-6,10-11H2,1-3H3,(H,28,37)/t13-,26+/m1/s1. The molecule has 0 spiro atoms. The Bertz CT molecular complexity index is 1540. The summed E-state index contributed by atoms with van der Waals surface area (Å²) in [5.41, 5.74) is 1.30. The molecule has 1 aromatic carbocycles. The molecule has 0 unspecified atom stereocenters. The van der Waals surface area contributed by atoms with Crippen LogP contribution in [-0.4, -0.2) is 44.1 Å². The number of thiocarbonyl (C=S) groups is 1. The number of halogens is 1. The van der Waals surface area contributed by atoms with Gasteiger partial charge in [0.15, 0.2) is 5.60 Å². The van der Waals surface area contributed by atoms with Crippen molar-refractivity contribution < 1.29 is 28.9 Å². The summed E-state index contributed by atoms with van der Waals surface area (Å²) >= 11 is 5.26. The number of carbonyl (C=O) groups is 1. The largest absolute Gasteiger partial charge is 0.469 e. The first-order chi connectivity index (χ1) is 17.6. The van der Waals surface area contributed by atoms with Crippen LogP contribution in [0.15, 0.2) is 23.0 Å². The predicted molar refractivity (Wildman–Crippen MR) is 136 cm³/mol. The topological polar surface area (TPSA) is 123 Å². The van der Waals surface area contributed by atoms with Gasteiger partial charge in [0, 0.05) is 22.6 Å². The smallest absolute Gasteiger partial charge is 0.343 e. The van der Waals surface area contributed by atoms with Crippen LogP contribution in [0.5, 0.6) is 0 Å². The molecule has 0 radical (unpaired) electrons. The van der Waals surface area contributed by atoms with Gasteiger partial charge in [0.05, 0.1) is 41.7 Å². The molecular weight excluding hydrogens is 501 g/mol. The highest BCUT2D eigenvalue weighted by Crippen LogP contribution is 2.42. The first kappa shape index (κ1) is 25.2. The van der Waals surface area contributed by atoms with Crippen LogP contribution in [0, 0.1) is 12.7 Å². The van der Waals surface area contributed by atoms with Crippen molar-refractivity contribution >= 4 is 34.3 Å². The van der Waals surface area contributed by atoms with E-state index >= 15 is 0 Å². The lowest BCUT2D eigenvalue weighted by atomic mass is 9.86. The van der Waals surface area contributed by atoms with E-state index in [-0.39, 0.29) is 54.6 Å². The number of cyclic esters (lactones) is 1. The first-order valence-corrected chi connectivity index (χ1v) is 12.4. The summed E-state index contributed by atoms with van der Waals surface area (Å²) in [5, 5.41) is 24.0. The highest BCUT2D eigenvalue weighted by Gasteiger charge is 2.45. The monoisotopic (exact) mass is 527 g/mol. The molecule has 2 aromatic heterocycles. The summed E-state index contributed by atoms with van der Waals surface area (Å²) in [4.78, 5) is 30.7. The molecule has 3 N–H and O–H groups in total. The molecule has 194 valence electrons. The van der Waals surface area contributed by atoms with Crippen LogP contribution in [-0.2, 0) is 33.0 Å². The molecule has 11 heteroatoms. The molecule has 0 saturated carbocycles. The molecular formula is C26H26FN3O6S. The van der Waals surface area contributed by atoms with E-state index in [0.717, 1.165) is 11.1 Å². The van der Waals surface area contributed by atoms with Gasteiger partial charge in [-0.15, -0.1) is 0 Å². The van der Waals surface area contributed by atoms with Crippen LogP contribution in [0.3, 0.4) is 0 Å². The van der Waals surface area contributed by atoms with Crippen LogP contribution >= 0.6 is 12.2 Å². The Morgan fingerprint density at radius 2 is 2.11 bits per heavy atom. The van der Waals surface area contributed by atoms with Crippen molar-refractivity contribution in [3.63, 3.8) is 0 Å². The summed E-state index contributed by atoms with van der Waals surface area (Å²) in [6.07, 6.45) is 0.0295. The zero-order chi connectivity index (χ0) is 26.6. The molecule has 4 heterocycles. The zero-order valence-corrected chi connectivity index (χ0v) is 21.4. The first-order valence-electron chi connectivity index (χ1n) is 11.9. The number of aliphatic hydroxyl groups excluding tert-OH is 1. The molecule has 0 saturated heterocycles. The van der Waals surface area contributed by atoms with Gasteiger partial charge in [0.25, 0.3) is 10.7 Å². The van der Waals surface area contributed by atoms with Gasteiger partial charge in [0.1, 0.15) is 19.0 Å². The molecule has 3 aromatic rings. The number of benzene rings is 1. The second-order valence-electron chi connectivity index (χ2n) is 9.30. The zero-order valence-electron chi connectivity index (χ0n) is 20.6. The number of nitrogens with zero attached hydrogens (tertiary/aromatic N) is 2. The van der Waals surface area contributed by atoms with Crippen molar-refractivity contribution in [1.29, 1.82) is 0 Å². The maximum atomic E-state index is 14.6. The molecule has 2 aliphatic heterocycles. The van der Waals surface area contributed by atoms with E-state index in [2.05, 4.69) is 5.32 Å². The Morgan fingerprint density at radius 3 is 2.81 bits per heavy atom. The number of aromatic nitrogens is 2. The fraction of sp³-hybridized carbons (Fsp3) is 0.385. The lowest BCUT2D eigenvalue weighted by molar-refractivity contribution is -0.172. The second-order valence-corrected chi connectivity index (χ2v) is 9.67. The number of esters is 1. The summed E-state index contributed by atoms with van der Waals surface area (Å²) in [7, 11) is 0. The number of pyridine rings is 2. The van der Waals surface area contributed by atoms with Gasteiger partial charge >= 0.3 is 5.97 Å². The second kappa shape index (κ2) is 9.16. The molecule has 0 aliphatic carbocycles. The SMILES string of the molecule is CC[C@@]1(O)C(=O)OCc2c1cc1n(c2=O)Cc2c-1nc1cc(F)c(C)cc1c2[C@@H](C)NC(=S)OCCO. The van der Waals surface area contributed by atoms with Gasteiger partial charge < -0.3 is 29.6 Å². The van der Waals surface area contributed by atoms with Crippen LogP contribution < -0.4 is 10.9 Å². The van der Waals surface area contributed by atoms with Crippen molar-refractivity contribution in [2.45, 2.75) is 52.0 Å². The number of carbonyl (C=O) groups excluding carboxylic acids is 1. The third-order valence-electron chi connectivity index (χ3n) is 7.10. The van der Waals surface area contributed by atoms with Crippen LogP contribution in [0.1, 0.15) is 54.1 Å². The van der Waals surface area contributed by atoms with Crippen molar-refractivity contribution in [2.24, 2.45) is 0 Å². The summed E-state index contributed by atoms with van der Waals surface area (Å²) in [6.45, 7) is 4.95. The Hall–Kier alpha value is -3.41. The number of fused-ring (bicyclic) bond motifs is 5. The number of aliphatic hydroxyl groups is 2. The van der Waals surface area contributed by atoms with Gasteiger partial charge in [-0.05, 0) is 55.7 Å².